The molecule has 4 N–H and O–H groups in total. The van der Waals surface area contributed by atoms with Crippen molar-refractivity contribution in [3.8, 4) is 0 Å². The van der Waals surface area contributed by atoms with Gasteiger partial charge in [-0.1, -0.05) is 6.92 Å². The molecule has 2 atom stereocenters. The number of ether oxygens (including phenoxy) is 1. The predicted octanol–water partition coefficient (Wildman–Crippen LogP) is -1.17. The highest BCUT2D eigenvalue weighted by molar-refractivity contribution is 5.91. The van der Waals surface area contributed by atoms with Crippen molar-refractivity contribution in [1.82, 2.24) is 4.90 Å². The van der Waals surface area contributed by atoms with Gasteiger partial charge in [-0.05, 0) is 13.3 Å². The van der Waals surface area contributed by atoms with E-state index in [4.69, 9.17) is 16.2 Å². The fraction of sp³-hybridized carbons (Fsp3) is 0.800. The second-order valence-electron chi connectivity index (χ2n) is 4.26. The molecule has 0 bridgehead atoms. The predicted molar refractivity (Wildman–Crippen MR) is 58.4 cm³/mol. The largest absolute Gasteiger partial charge is 0.377 e. The van der Waals surface area contributed by atoms with E-state index in [0.29, 0.717) is 19.6 Å². The number of hydrogen-bond donors (Lipinski definition) is 2. The molecule has 6 nitrogen and oxygen atoms in total. The van der Waals surface area contributed by atoms with Crippen LogP contribution in [0.3, 0.4) is 0 Å². The van der Waals surface area contributed by atoms with Gasteiger partial charge in [0.15, 0.2) is 0 Å². The van der Waals surface area contributed by atoms with E-state index in [2.05, 4.69) is 0 Å². The average molecular weight is 229 g/mol. The molecule has 0 aromatic carbocycles. The number of rotatable bonds is 3. The van der Waals surface area contributed by atoms with Crippen molar-refractivity contribution in [2.45, 2.75) is 31.8 Å². The molecule has 1 heterocycles. The molecule has 6 heteroatoms. The van der Waals surface area contributed by atoms with Crippen LogP contribution in [0.2, 0.25) is 0 Å². The second kappa shape index (κ2) is 4.80. The molecule has 1 fully saturated rings. The summed E-state index contributed by atoms with van der Waals surface area (Å²) < 4.78 is 5.13. The Morgan fingerprint density at radius 2 is 2.19 bits per heavy atom. The number of amides is 2. The molecule has 1 rings (SSSR count). The minimum atomic E-state index is -0.953. The third kappa shape index (κ3) is 2.51. The molecule has 0 aliphatic carbocycles. The van der Waals surface area contributed by atoms with Gasteiger partial charge in [-0.2, -0.15) is 0 Å². The summed E-state index contributed by atoms with van der Waals surface area (Å²) >= 11 is 0. The maximum absolute atomic E-state index is 12.1. The summed E-state index contributed by atoms with van der Waals surface area (Å²) in [6.07, 6.45) is 0.509. The van der Waals surface area contributed by atoms with Crippen LogP contribution < -0.4 is 11.5 Å². The lowest BCUT2D eigenvalue weighted by atomic mass is 9.97. The van der Waals surface area contributed by atoms with Crippen molar-refractivity contribution in [3.05, 3.63) is 0 Å². The van der Waals surface area contributed by atoms with E-state index < -0.39 is 17.5 Å². The highest BCUT2D eigenvalue weighted by atomic mass is 16.5. The third-order valence-corrected chi connectivity index (χ3v) is 2.94. The van der Waals surface area contributed by atoms with Gasteiger partial charge < -0.3 is 21.1 Å². The third-order valence-electron chi connectivity index (χ3n) is 2.94. The number of primary amides is 1. The van der Waals surface area contributed by atoms with Gasteiger partial charge in [0.05, 0.1) is 18.8 Å². The standard InChI is InChI=1S/C10H19N3O3/c1-3-10(2,12)9(15)13-4-5-16-6-7(13)8(11)14/h7H,3-6,12H2,1-2H3,(H2,11,14). The molecule has 2 amide bonds. The summed E-state index contributed by atoms with van der Waals surface area (Å²) in [6.45, 7) is 4.41. The fourth-order valence-corrected chi connectivity index (χ4v) is 1.56. The number of nitrogens with zero attached hydrogens (tertiary/aromatic N) is 1. The Labute approximate surface area is 94.9 Å². The van der Waals surface area contributed by atoms with Gasteiger partial charge in [0.1, 0.15) is 6.04 Å². The van der Waals surface area contributed by atoms with Crippen molar-refractivity contribution < 1.29 is 14.3 Å². The zero-order valence-electron chi connectivity index (χ0n) is 9.73. The Balaban J connectivity index is 2.83. The van der Waals surface area contributed by atoms with Gasteiger partial charge in [-0.3, -0.25) is 9.59 Å². The molecule has 0 saturated carbocycles. The second-order valence-corrected chi connectivity index (χ2v) is 4.26. The molecule has 16 heavy (non-hydrogen) atoms. The van der Waals surface area contributed by atoms with Crippen LogP contribution in [0, 0.1) is 0 Å². The Morgan fingerprint density at radius 1 is 1.56 bits per heavy atom. The number of hydrogen-bond acceptors (Lipinski definition) is 4. The van der Waals surface area contributed by atoms with Gasteiger partial charge in [0.25, 0.3) is 0 Å². The number of morpholine rings is 1. The first-order valence-corrected chi connectivity index (χ1v) is 5.37. The minimum Gasteiger partial charge on any atom is -0.377 e. The van der Waals surface area contributed by atoms with E-state index in [1.165, 1.54) is 4.90 Å². The van der Waals surface area contributed by atoms with E-state index in [1.807, 2.05) is 6.92 Å². The number of carbonyl (C=O) groups excluding carboxylic acids is 2. The van der Waals surface area contributed by atoms with Crippen molar-refractivity contribution in [3.63, 3.8) is 0 Å². The first-order valence-electron chi connectivity index (χ1n) is 5.37. The molecular weight excluding hydrogens is 210 g/mol. The molecule has 92 valence electrons. The number of nitrogens with two attached hydrogens (primary N) is 2. The van der Waals surface area contributed by atoms with Crippen LogP contribution >= 0.6 is 0 Å². The molecule has 0 spiro atoms. The zero-order valence-corrected chi connectivity index (χ0v) is 9.73. The van der Waals surface area contributed by atoms with Gasteiger partial charge in [-0.25, -0.2) is 0 Å². The van der Waals surface area contributed by atoms with Crippen LogP contribution in [0.5, 0.6) is 0 Å². The highest BCUT2D eigenvalue weighted by Gasteiger charge is 2.38. The molecule has 0 radical (unpaired) electrons. The van der Waals surface area contributed by atoms with Crippen LogP contribution in [-0.2, 0) is 14.3 Å². The highest BCUT2D eigenvalue weighted by Crippen LogP contribution is 2.15. The summed E-state index contributed by atoms with van der Waals surface area (Å²) in [5.74, 6) is -0.804. The number of carbonyl (C=O) groups is 2. The van der Waals surface area contributed by atoms with E-state index in [-0.39, 0.29) is 12.5 Å². The van der Waals surface area contributed by atoms with Crippen LogP contribution in [-0.4, -0.2) is 48.1 Å². The Morgan fingerprint density at radius 3 is 2.69 bits per heavy atom. The minimum absolute atomic E-state index is 0.154. The van der Waals surface area contributed by atoms with Crippen LogP contribution in [0.15, 0.2) is 0 Å². The van der Waals surface area contributed by atoms with Crippen molar-refractivity contribution in [2.24, 2.45) is 11.5 Å². The van der Waals surface area contributed by atoms with Gasteiger partial charge in [0.2, 0.25) is 11.8 Å². The topological polar surface area (TPSA) is 98.7 Å². The molecule has 2 unspecified atom stereocenters. The zero-order chi connectivity index (χ0) is 12.3. The lowest BCUT2D eigenvalue weighted by Gasteiger charge is -2.38. The summed E-state index contributed by atoms with van der Waals surface area (Å²) in [7, 11) is 0. The summed E-state index contributed by atoms with van der Waals surface area (Å²) in [4.78, 5) is 24.7. The van der Waals surface area contributed by atoms with Gasteiger partial charge in [0, 0.05) is 6.54 Å². The maximum atomic E-state index is 12.1. The molecular formula is C10H19N3O3. The lowest BCUT2D eigenvalue weighted by molar-refractivity contribution is -0.151. The lowest BCUT2D eigenvalue weighted by Crippen LogP contribution is -2.62. The van der Waals surface area contributed by atoms with E-state index >= 15 is 0 Å². The van der Waals surface area contributed by atoms with Crippen LogP contribution in [0.1, 0.15) is 20.3 Å². The van der Waals surface area contributed by atoms with E-state index in [9.17, 15) is 9.59 Å². The Hall–Kier alpha value is -1.14. The molecule has 0 aromatic rings. The van der Waals surface area contributed by atoms with Gasteiger partial charge in [-0.15, -0.1) is 0 Å². The quantitative estimate of drug-likeness (QED) is 0.636. The first kappa shape index (κ1) is 12.9. The van der Waals surface area contributed by atoms with Gasteiger partial charge >= 0.3 is 0 Å². The van der Waals surface area contributed by atoms with E-state index in [0.717, 1.165) is 0 Å². The average Bonchev–Trinajstić information content (AvgIpc) is 2.28. The Bertz CT molecular complexity index is 291. The molecule has 1 aliphatic rings. The molecule has 1 aliphatic heterocycles. The normalized spacial score (nSPS) is 24.9. The van der Waals surface area contributed by atoms with Crippen molar-refractivity contribution in [1.29, 1.82) is 0 Å². The summed E-state index contributed by atoms with van der Waals surface area (Å²) in [6, 6.07) is -0.698. The Kier molecular flexibility index (Phi) is 3.88. The van der Waals surface area contributed by atoms with Crippen LogP contribution in [0.4, 0.5) is 0 Å². The molecule has 1 saturated heterocycles. The molecule has 0 aromatic heterocycles. The first-order chi connectivity index (χ1) is 7.40. The fourth-order valence-electron chi connectivity index (χ4n) is 1.56. The SMILES string of the molecule is CCC(C)(N)C(=O)N1CCOCC1C(N)=O. The summed E-state index contributed by atoms with van der Waals surface area (Å²) in [5, 5.41) is 0. The monoisotopic (exact) mass is 229 g/mol. The summed E-state index contributed by atoms with van der Waals surface area (Å²) in [5.41, 5.74) is 10.1. The van der Waals surface area contributed by atoms with E-state index in [1.54, 1.807) is 6.92 Å². The van der Waals surface area contributed by atoms with Crippen molar-refractivity contribution in [2.75, 3.05) is 19.8 Å². The van der Waals surface area contributed by atoms with Crippen LogP contribution in [0.25, 0.3) is 0 Å². The smallest absolute Gasteiger partial charge is 0.243 e. The maximum Gasteiger partial charge on any atom is 0.243 e. The van der Waals surface area contributed by atoms with Crippen molar-refractivity contribution >= 4 is 11.8 Å².